The summed E-state index contributed by atoms with van der Waals surface area (Å²) in [6.45, 7) is 4.13. The summed E-state index contributed by atoms with van der Waals surface area (Å²) in [7, 11) is -3.78. The molecule has 3 rings (SSSR count). The van der Waals surface area contributed by atoms with Crippen molar-refractivity contribution in [1.82, 2.24) is 9.29 Å². The Morgan fingerprint density at radius 3 is 2.61 bits per heavy atom. The fraction of sp³-hybridized carbons (Fsp3) is 0.200. The first-order chi connectivity index (χ1) is 13.4. The third-order valence-corrected chi connectivity index (χ3v) is 6.98. The van der Waals surface area contributed by atoms with Crippen LogP contribution in [-0.2, 0) is 10.0 Å². The molecular weight excluding hydrogens is 398 g/mol. The van der Waals surface area contributed by atoms with Crippen LogP contribution in [0, 0.1) is 0 Å². The van der Waals surface area contributed by atoms with E-state index < -0.39 is 15.9 Å². The van der Waals surface area contributed by atoms with Gasteiger partial charge < -0.3 is 5.32 Å². The van der Waals surface area contributed by atoms with Gasteiger partial charge in [0, 0.05) is 47.5 Å². The summed E-state index contributed by atoms with van der Waals surface area (Å²) in [5.41, 5.74) is 0.828. The topological polar surface area (TPSA) is 79.4 Å². The summed E-state index contributed by atoms with van der Waals surface area (Å²) < 4.78 is 27.0. The van der Waals surface area contributed by atoms with Crippen molar-refractivity contribution in [2.24, 2.45) is 0 Å². The number of benzene rings is 2. The number of hydrogen-bond donors (Lipinski definition) is 1. The number of nitrogens with zero attached hydrogens (tertiary/aromatic N) is 2. The van der Waals surface area contributed by atoms with Crippen LogP contribution in [0.3, 0.4) is 0 Å². The van der Waals surface area contributed by atoms with Gasteiger partial charge >= 0.3 is 0 Å². The molecule has 0 radical (unpaired) electrons. The normalized spacial score (nSPS) is 11.7. The van der Waals surface area contributed by atoms with E-state index in [4.69, 9.17) is 11.6 Å². The molecule has 0 bridgehead atoms. The fourth-order valence-corrected chi connectivity index (χ4v) is 4.93. The number of aromatic nitrogens is 1. The standard InChI is InChI=1S/C20H20ClN3O3S/c1-3-24(4-2)28(26,27)19-12-14(8-9-17(19)21)20(25)23-18-7-5-6-15-13-22-11-10-16(15)18/h5-13H,3-4H2,1-2H3,(H,23,25). The molecule has 1 N–H and O–H groups in total. The molecule has 0 fully saturated rings. The molecule has 0 spiro atoms. The molecule has 1 amide bonds. The Morgan fingerprint density at radius 1 is 1.14 bits per heavy atom. The van der Waals surface area contributed by atoms with E-state index in [1.54, 1.807) is 32.3 Å². The number of sulfonamides is 1. The maximum atomic E-state index is 12.8. The van der Waals surface area contributed by atoms with Crippen LogP contribution in [0.5, 0.6) is 0 Å². The van der Waals surface area contributed by atoms with Crippen molar-refractivity contribution in [3.05, 3.63) is 65.4 Å². The number of anilines is 1. The molecule has 0 aliphatic heterocycles. The van der Waals surface area contributed by atoms with Crippen molar-refractivity contribution in [2.45, 2.75) is 18.7 Å². The van der Waals surface area contributed by atoms with Gasteiger partial charge in [-0.05, 0) is 30.3 Å². The van der Waals surface area contributed by atoms with Crippen molar-refractivity contribution in [2.75, 3.05) is 18.4 Å². The van der Waals surface area contributed by atoms with Gasteiger partial charge in [0.05, 0.1) is 5.02 Å². The van der Waals surface area contributed by atoms with Gasteiger partial charge in [0.15, 0.2) is 0 Å². The van der Waals surface area contributed by atoms with E-state index in [1.807, 2.05) is 18.2 Å². The number of halogens is 1. The lowest BCUT2D eigenvalue weighted by Gasteiger charge is -2.19. The Kier molecular flexibility index (Phi) is 5.98. The van der Waals surface area contributed by atoms with E-state index in [0.717, 1.165) is 10.8 Å². The molecular formula is C20H20ClN3O3S. The third-order valence-electron chi connectivity index (χ3n) is 4.45. The number of hydrogen-bond acceptors (Lipinski definition) is 4. The molecule has 0 saturated carbocycles. The molecule has 0 aliphatic rings. The van der Waals surface area contributed by atoms with Gasteiger partial charge in [-0.2, -0.15) is 4.31 Å². The summed E-state index contributed by atoms with van der Waals surface area (Å²) in [5.74, 6) is -0.419. The zero-order chi connectivity index (χ0) is 20.3. The minimum absolute atomic E-state index is 0.0763. The summed E-state index contributed by atoms with van der Waals surface area (Å²) in [6, 6.07) is 11.6. The van der Waals surface area contributed by atoms with Crippen LogP contribution in [-0.4, -0.2) is 36.7 Å². The maximum absolute atomic E-state index is 12.8. The van der Waals surface area contributed by atoms with Crippen molar-refractivity contribution >= 4 is 44.0 Å². The van der Waals surface area contributed by atoms with Crippen LogP contribution in [0.2, 0.25) is 5.02 Å². The molecule has 8 heteroatoms. The lowest BCUT2D eigenvalue weighted by Crippen LogP contribution is -2.31. The van der Waals surface area contributed by atoms with Gasteiger partial charge in [0.25, 0.3) is 5.91 Å². The second-order valence-electron chi connectivity index (χ2n) is 6.09. The number of fused-ring (bicyclic) bond motifs is 1. The van der Waals surface area contributed by atoms with Crippen LogP contribution >= 0.6 is 11.6 Å². The molecule has 0 unspecified atom stereocenters. The maximum Gasteiger partial charge on any atom is 0.255 e. The zero-order valence-corrected chi connectivity index (χ0v) is 17.1. The van der Waals surface area contributed by atoms with Gasteiger partial charge in [-0.25, -0.2) is 8.42 Å². The number of rotatable bonds is 6. The van der Waals surface area contributed by atoms with Crippen LogP contribution in [0.15, 0.2) is 59.8 Å². The molecule has 28 heavy (non-hydrogen) atoms. The van der Waals surface area contributed by atoms with E-state index in [9.17, 15) is 13.2 Å². The van der Waals surface area contributed by atoms with Gasteiger partial charge in [0.2, 0.25) is 10.0 Å². The highest BCUT2D eigenvalue weighted by Gasteiger charge is 2.25. The SMILES string of the molecule is CCN(CC)S(=O)(=O)c1cc(C(=O)Nc2cccc3cnccc23)ccc1Cl. The predicted octanol–water partition coefficient (Wildman–Crippen LogP) is 4.17. The Balaban J connectivity index is 1.97. The summed E-state index contributed by atoms with van der Waals surface area (Å²) in [5, 5.41) is 4.65. The molecule has 3 aromatic rings. The molecule has 6 nitrogen and oxygen atoms in total. The third kappa shape index (κ3) is 3.87. The zero-order valence-electron chi connectivity index (χ0n) is 15.5. The number of pyridine rings is 1. The second kappa shape index (κ2) is 8.26. The number of carbonyl (C=O) groups excluding carboxylic acids is 1. The summed E-state index contributed by atoms with van der Waals surface area (Å²) >= 11 is 6.14. The Hall–Kier alpha value is -2.48. The Morgan fingerprint density at radius 2 is 1.89 bits per heavy atom. The van der Waals surface area contributed by atoms with Crippen LogP contribution < -0.4 is 5.32 Å². The van der Waals surface area contributed by atoms with Gasteiger partial charge in [0.1, 0.15) is 4.90 Å². The van der Waals surface area contributed by atoms with Crippen LogP contribution in [0.4, 0.5) is 5.69 Å². The molecule has 146 valence electrons. The second-order valence-corrected chi connectivity index (χ2v) is 8.40. The van der Waals surface area contributed by atoms with E-state index in [1.165, 1.54) is 22.5 Å². The largest absolute Gasteiger partial charge is 0.321 e. The lowest BCUT2D eigenvalue weighted by molar-refractivity contribution is 0.102. The van der Waals surface area contributed by atoms with Crippen LogP contribution in [0.1, 0.15) is 24.2 Å². The first-order valence-electron chi connectivity index (χ1n) is 8.82. The highest BCUT2D eigenvalue weighted by Crippen LogP contribution is 2.27. The number of carbonyl (C=O) groups is 1. The summed E-state index contributed by atoms with van der Waals surface area (Å²) in [4.78, 5) is 16.8. The lowest BCUT2D eigenvalue weighted by atomic mass is 10.1. The van der Waals surface area contributed by atoms with Crippen LogP contribution in [0.25, 0.3) is 10.8 Å². The van der Waals surface area contributed by atoms with E-state index in [0.29, 0.717) is 18.8 Å². The van der Waals surface area contributed by atoms with E-state index in [2.05, 4.69) is 10.3 Å². The minimum atomic E-state index is -3.78. The average Bonchev–Trinajstić information content (AvgIpc) is 2.69. The highest BCUT2D eigenvalue weighted by molar-refractivity contribution is 7.89. The predicted molar refractivity (Wildman–Crippen MR) is 111 cm³/mol. The molecule has 0 atom stereocenters. The highest BCUT2D eigenvalue weighted by atomic mass is 35.5. The smallest absolute Gasteiger partial charge is 0.255 e. The average molecular weight is 418 g/mol. The molecule has 1 aromatic heterocycles. The van der Waals surface area contributed by atoms with Gasteiger partial charge in [-0.3, -0.25) is 9.78 Å². The molecule has 0 aliphatic carbocycles. The quantitative estimate of drug-likeness (QED) is 0.652. The van der Waals surface area contributed by atoms with Crippen molar-refractivity contribution in [1.29, 1.82) is 0 Å². The first-order valence-corrected chi connectivity index (χ1v) is 10.6. The van der Waals surface area contributed by atoms with E-state index >= 15 is 0 Å². The minimum Gasteiger partial charge on any atom is -0.321 e. The molecule has 2 aromatic carbocycles. The van der Waals surface area contributed by atoms with Gasteiger partial charge in [-0.1, -0.05) is 37.6 Å². The summed E-state index contributed by atoms with van der Waals surface area (Å²) in [6.07, 6.45) is 3.36. The first kappa shape index (κ1) is 20.3. The fourth-order valence-electron chi connectivity index (χ4n) is 2.97. The Labute approximate surface area is 169 Å². The van der Waals surface area contributed by atoms with Gasteiger partial charge in [-0.15, -0.1) is 0 Å². The Bertz CT molecular complexity index is 1120. The molecule has 1 heterocycles. The number of amides is 1. The van der Waals surface area contributed by atoms with E-state index in [-0.39, 0.29) is 15.5 Å². The number of nitrogens with one attached hydrogen (secondary N) is 1. The van der Waals surface area contributed by atoms with Crippen molar-refractivity contribution in [3.8, 4) is 0 Å². The monoisotopic (exact) mass is 417 g/mol. The van der Waals surface area contributed by atoms with Crippen molar-refractivity contribution < 1.29 is 13.2 Å². The molecule has 0 saturated heterocycles. The van der Waals surface area contributed by atoms with Crippen molar-refractivity contribution in [3.63, 3.8) is 0 Å².